The van der Waals surface area contributed by atoms with Crippen molar-refractivity contribution in [2.24, 2.45) is 0 Å². The van der Waals surface area contributed by atoms with E-state index in [0.717, 1.165) is 35.6 Å². The molecule has 5 heteroatoms. The molecule has 0 bridgehead atoms. The first kappa shape index (κ1) is 12.9. The monoisotopic (exact) mass is 281 g/mol. The summed E-state index contributed by atoms with van der Waals surface area (Å²) in [5.41, 5.74) is 1.17. The minimum atomic E-state index is 0.279. The molecule has 0 radical (unpaired) electrons. The molecule has 0 aliphatic carbocycles. The second-order valence-corrected chi connectivity index (χ2v) is 6.21. The van der Waals surface area contributed by atoms with Crippen LogP contribution in [0.4, 0.5) is 0 Å². The number of ether oxygens (including phenoxy) is 3. The molecular weight excluding hydrogens is 262 g/mol. The zero-order valence-corrected chi connectivity index (χ0v) is 11.9. The van der Waals surface area contributed by atoms with Crippen LogP contribution in [0.3, 0.4) is 0 Å². The number of fused-ring (bicyclic) bond motifs is 1. The quantitative estimate of drug-likeness (QED) is 0.897. The average molecular weight is 281 g/mol. The highest BCUT2D eigenvalue weighted by molar-refractivity contribution is 8.00. The van der Waals surface area contributed by atoms with E-state index in [1.54, 1.807) is 7.11 Å². The van der Waals surface area contributed by atoms with E-state index in [1.165, 1.54) is 24.2 Å². The number of benzene rings is 1. The molecule has 0 amide bonds. The van der Waals surface area contributed by atoms with Crippen molar-refractivity contribution in [3.63, 3.8) is 0 Å². The lowest BCUT2D eigenvalue weighted by atomic mass is 10.1. The standard InChI is InChI=1S/C14H19NO3S/c1-16-12-5-10(6-13-14(12)18-9-17-13)7-15-8-11-3-2-4-19-11/h5-6,11,15H,2-4,7-9H2,1H3. The third-order valence-corrected chi connectivity index (χ3v) is 4.84. The number of rotatable bonds is 5. The van der Waals surface area contributed by atoms with Crippen LogP contribution in [0.2, 0.25) is 0 Å². The molecule has 1 aromatic carbocycles. The Hall–Kier alpha value is -1.07. The van der Waals surface area contributed by atoms with Crippen LogP contribution >= 0.6 is 11.8 Å². The van der Waals surface area contributed by atoms with Crippen LogP contribution in [-0.2, 0) is 6.54 Å². The van der Waals surface area contributed by atoms with Crippen LogP contribution in [0, 0.1) is 0 Å². The Bertz CT molecular complexity index is 447. The molecule has 2 heterocycles. The fourth-order valence-electron chi connectivity index (χ4n) is 2.47. The summed E-state index contributed by atoms with van der Waals surface area (Å²) >= 11 is 2.07. The van der Waals surface area contributed by atoms with E-state index in [1.807, 2.05) is 12.1 Å². The van der Waals surface area contributed by atoms with E-state index in [4.69, 9.17) is 14.2 Å². The summed E-state index contributed by atoms with van der Waals surface area (Å²) < 4.78 is 16.2. The molecule has 1 fully saturated rings. The van der Waals surface area contributed by atoms with Gasteiger partial charge in [-0.25, -0.2) is 0 Å². The van der Waals surface area contributed by atoms with Crippen molar-refractivity contribution >= 4 is 11.8 Å². The molecule has 3 rings (SSSR count). The highest BCUT2D eigenvalue weighted by atomic mass is 32.2. The number of methoxy groups -OCH3 is 1. The number of thioether (sulfide) groups is 1. The molecule has 2 aliphatic heterocycles. The predicted octanol–water partition coefficient (Wildman–Crippen LogP) is 2.41. The van der Waals surface area contributed by atoms with E-state index in [0.29, 0.717) is 0 Å². The van der Waals surface area contributed by atoms with E-state index in [9.17, 15) is 0 Å². The van der Waals surface area contributed by atoms with Gasteiger partial charge in [0.1, 0.15) is 0 Å². The van der Waals surface area contributed by atoms with Crippen LogP contribution in [0.5, 0.6) is 17.2 Å². The van der Waals surface area contributed by atoms with Crippen LogP contribution in [-0.4, -0.2) is 31.5 Å². The Morgan fingerprint density at radius 1 is 1.42 bits per heavy atom. The van der Waals surface area contributed by atoms with Gasteiger partial charge in [-0.1, -0.05) is 0 Å². The maximum atomic E-state index is 5.43. The zero-order chi connectivity index (χ0) is 13.1. The first-order valence-corrected chi connectivity index (χ1v) is 7.70. The van der Waals surface area contributed by atoms with Crippen molar-refractivity contribution in [1.29, 1.82) is 0 Å². The van der Waals surface area contributed by atoms with Gasteiger partial charge < -0.3 is 19.5 Å². The summed E-state index contributed by atoms with van der Waals surface area (Å²) in [7, 11) is 1.66. The highest BCUT2D eigenvalue weighted by Gasteiger charge is 2.20. The van der Waals surface area contributed by atoms with Crippen LogP contribution < -0.4 is 19.5 Å². The first-order valence-electron chi connectivity index (χ1n) is 6.65. The Labute approximate surface area is 117 Å². The normalized spacial score (nSPS) is 20.8. The summed E-state index contributed by atoms with van der Waals surface area (Å²) in [5, 5.41) is 4.29. The highest BCUT2D eigenvalue weighted by Crippen LogP contribution is 2.41. The smallest absolute Gasteiger partial charge is 0.231 e. The summed E-state index contributed by atoms with van der Waals surface area (Å²) in [6.45, 7) is 2.19. The van der Waals surface area contributed by atoms with Gasteiger partial charge in [0.2, 0.25) is 12.5 Å². The second kappa shape index (κ2) is 5.92. The Morgan fingerprint density at radius 3 is 3.16 bits per heavy atom. The third-order valence-electron chi connectivity index (χ3n) is 3.44. The van der Waals surface area contributed by atoms with Crippen LogP contribution in [0.25, 0.3) is 0 Å². The predicted molar refractivity (Wildman–Crippen MR) is 76.3 cm³/mol. The van der Waals surface area contributed by atoms with Gasteiger partial charge in [0.25, 0.3) is 0 Å². The molecular formula is C14H19NO3S. The molecule has 4 nitrogen and oxygen atoms in total. The molecule has 0 aromatic heterocycles. The van der Waals surface area contributed by atoms with Gasteiger partial charge >= 0.3 is 0 Å². The van der Waals surface area contributed by atoms with Gasteiger partial charge in [-0.2, -0.15) is 11.8 Å². The van der Waals surface area contributed by atoms with Crippen LogP contribution in [0.1, 0.15) is 18.4 Å². The van der Waals surface area contributed by atoms with Gasteiger partial charge in [-0.05, 0) is 36.3 Å². The van der Waals surface area contributed by atoms with Crippen molar-refractivity contribution < 1.29 is 14.2 Å². The van der Waals surface area contributed by atoms with E-state index < -0.39 is 0 Å². The van der Waals surface area contributed by atoms with Gasteiger partial charge in [0, 0.05) is 18.3 Å². The third kappa shape index (κ3) is 2.92. The maximum Gasteiger partial charge on any atom is 0.231 e. The van der Waals surface area contributed by atoms with Crippen molar-refractivity contribution in [2.45, 2.75) is 24.6 Å². The van der Waals surface area contributed by atoms with Gasteiger partial charge in [-0.3, -0.25) is 0 Å². The molecule has 0 saturated carbocycles. The van der Waals surface area contributed by atoms with Crippen LogP contribution in [0.15, 0.2) is 12.1 Å². The minimum Gasteiger partial charge on any atom is -0.493 e. The fraction of sp³-hybridized carbons (Fsp3) is 0.571. The van der Waals surface area contributed by atoms with Gasteiger partial charge in [0.15, 0.2) is 11.5 Å². The van der Waals surface area contributed by atoms with E-state index >= 15 is 0 Å². The van der Waals surface area contributed by atoms with Crippen molar-refractivity contribution in [3.05, 3.63) is 17.7 Å². The van der Waals surface area contributed by atoms with Gasteiger partial charge in [0.05, 0.1) is 7.11 Å². The summed E-state index contributed by atoms with van der Waals surface area (Å²) in [6, 6.07) is 4.04. The number of nitrogens with one attached hydrogen (secondary N) is 1. The molecule has 1 atom stereocenters. The molecule has 19 heavy (non-hydrogen) atoms. The maximum absolute atomic E-state index is 5.43. The largest absolute Gasteiger partial charge is 0.493 e. The number of hydrogen-bond acceptors (Lipinski definition) is 5. The Morgan fingerprint density at radius 2 is 2.37 bits per heavy atom. The summed E-state index contributed by atoms with van der Waals surface area (Å²) in [5.74, 6) is 3.57. The zero-order valence-electron chi connectivity index (χ0n) is 11.1. The minimum absolute atomic E-state index is 0.279. The Kier molecular flexibility index (Phi) is 4.03. The molecule has 0 spiro atoms. The van der Waals surface area contributed by atoms with Crippen molar-refractivity contribution in [2.75, 3.05) is 26.2 Å². The first-order chi connectivity index (χ1) is 9.36. The SMILES string of the molecule is COc1cc(CNCC2CCCS2)cc2c1OCO2. The van der Waals surface area contributed by atoms with E-state index in [-0.39, 0.29) is 6.79 Å². The molecule has 1 aromatic rings. The lowest BCUT2D eigenvalue weighted by Gasteiger charge is -2.11. The molecule has 2 aliphatic rings. The van der Waals surface area contributed by atoms with Crippen molar-refractivity contribution in [1.82, 2.24) is 5.32 Å². The molecule has 1 N–H and O–H groups in total. The lowest BCUT2D eigenvalue weighted by Crippen LogP contribution is -2.22. The number of hydrogen-bond donors (Lipinski definition) is 1. The topological polar surface area (TPSA) is 39.7 Å². The second-order valence-electron chi connectivity index (χ2n) is 4.80. The summed E-state index contributed by atoms with van der Waals surface area (Å²) in [6.07, 6.45) is 2.69. The lowest BCUT2D eigenvalue weighted by molar-refractivity contribution is 0.171. The summed E-state index contributed by atoms with van der Waals surface area (Å²) in [4.78, 5) is 0. The average Bonchev–Trinajstić information content (AvgIpc) is 3.08. The molecule has 104 valence electrons. The molecule has 1 saturated heterocycles. The fourth-order valence-corrected chi connectivity index (χ4v) is 3.70. The van der Waals surface area contributed by atoms with Gasteiger partial charge in [-0.15, -0.1) is 0 Å². The molecule has 1 unspecified atom stereocenters. The van der Waals surface area contributed by atoms with E-state index in [2.05, 4.69) is 17.1 Å². The van der Waals surface area contributed by atoms with Crippen molar-refractivity contribution in [3.8, 4) is 17.2 Å². The Balaban J connectivity index is 1.61.